The molecule has 0 aromatic carbocycles. The van der Waals surface area contributed by atoms with Gasteiger partial charge in [0.25, 0.3) is 0 Å². The van der Waals surface area contributed by atoms with Crippen LogP contribution in [-0.4, -0.2) is 31.9 Å². The third kappa shape index (κ3) is 21.6. The average molecular weight is 424 g/mol. The molecule has 3 N–H and O–H groups in total. The van der Waals surface area contributed by atoms with Gasteiger partial charge in [-0.15, -0.1) is 0 Å². The first-order chi connectivity index (χ1) is 8.68. The smallest absolute Gasteiger partial charge is 0.303 e. The standard InChI is InChI=1S/3C4H9.ClH.H3O4P.Sn/c3*1-3-4-2;;1-5(2,3)4;/h3*1,3-4H2,2H3;1H;(H3,1,2,3,4);/q;;;;;+1/p-1. The van der Waals surface area contributed by atoms with Crippen molar-refractivity contribution in [2.75, 3.05) is 0 Å². The predicted molar refractivity (Wildman–Crippen MR) is 85.0 cm³/mol. The maximum absolute atomic E-state index is 8.88. The summed E-state index contributed by atoms with van der Waals surface area (Å²) < 4.78 is 13.2. The second-order valence-electron chi connectivity index (χ2n) is 4.97. The normalized spacial score (nSPS) is 11.9. The molecule has 0 saturated carbocycles. The van der Waals surface area contributed by atoms with E-state index in [1.165, 1.54) is 51.8 Å². The van der Waals surface area contributed by atoms with E-state index in [9.17, 15) is 0 Å². The van der Waals surface area contributed by atoms with Crippen molar-refractivity contribution in [1.82, 2.24) is 0 Å². The number of halogens is 1. The molecule has 0 radical (unpaired) electrons. The molecule has 0 heterocycles. The van der Waals surface area contributed by atoms with E-state index in [-0.39, 0.29) is 0 Å². The molecule has 0 aliphatic heterocycles. The van der Waals surface area contributed by atoms with Crippen LogP contribution in [0.15, 0.2) is 0 Å². The Morgan fingerprint density at radius 2 is 1.05 bits per heavy atom. The quantitative estimate of drug-likeness (QED) is 0.373. The summed E-state index contributed by atoms with van der Waals surface area (Å²) in [5, 5.41) is 0. The minimum Gasteiger partial charge on any atom is -0.303 e. The van der Waals surface area contributed by atoms with E-state index in [1.807, 2.05) is 0 Å². The van der Waals surface area contributed by atoms with Gasteiger partial charge in [0.15, 0.2) is 0 Å². The van der Waals surface area contributed by atoms with Crippen molar-refractivity contribution in [3.63, 3.8) is 0 Å². The van der Waals surface area contributed by atoms with Crippen molar-refractivity contribution in [3.05, 3.63) is 0 Å². The van der Waals surface area contributed by atoms with Crippen molar-refractivity contribution in [2.24, 2.45) is 0 Å². The molecule has 0 spiro atoms. The van der Waals surface area contributed by atoms with Crippen LogP contribution in [0.1, 0.15) is 59.3 Å². The molecule has 4 nitrogen and oxygen atoms in total. The molecule has 0 aromatic heterocycles. The summed E-state index contributed by atoms with van der Waals surface area (Å²) in [5.74, 6) is 0. The van der Waals surface area contributed by atoms with Crippen LogP contribution >= 0.6 is 16.7 Å². The van der Waals surface area contributed by atoms with Gasteiger partial charge in [0.2, 0.25) is 0 Å². The Balaban J connectivity index is 0. The Labute approximate surface area is 125 Å². The van der Waals surface area contributed by atoms with Gasteiger partial charge in [-0.2, -0.15) is 0 Å². The van der Waals surface area contributed by atoms with Gasteiger partial charge in [0.1, 0.15) is 0 Å². The number of rotatable bonds is 9. The van der Waals surface area contributed by atoms with Crippen LogP contribution < -0.4 is 0 Å². The fraction of sp³-hybridized carbons (Fsp3) is 1.00. The summed E-state index contributed by atoms with van der Waals surface area (Å²) in [4.78, 5) is 21.6. The van der Waals surface area contributed by atoms with Gasteiger partial charge in [0.05, 0.1) is 0 Å². The van der Waals surface area contributed by atoms with E-state index in [4.69, 9.17) is 28.2 Å². The Kier molecular flexibility index (Phi) is 15.3. The fourth-order valence-corrected chi connectivity index (χ4v) is 15.1. The van der Waals surface area contributed by atoms with Crippen molar-refractivity contribution < 1.29 is 19.2 Å². The van der Waals surface area contributed by atoms with E-state index in [0.29, 0.717) is 0 Å². The Morgan fingerprint density at radius 1 is 0.842 bits per heavy atom. The van der Waals surface area contributed by atoms with E-state index in [0.717, 1.165) is 0 Å². The molecule has 0 unspecified atom stereocenters. The van der Waals surface area contributed by atoms with E-state index >= 15 is 0 Å². The zero-order valence-corrected chi connectivity index (χ0v) is 16.9. The summed E-state index contributed by atoms with van der Waals surface area (Å²) in [6.45, 7) is 6.84. The molecule has 0 aliphatic rings. The number of hydrogen-bond donors (Lipinski definition) is 3. The summed E-state index contributed by atoms with van der Waals surface area (Å²) in [7, 11) is 2.25. The maximum Gasteiger partial charge on any atom is 0.466 e. The molecular weight excluding hydrogens is 393 g/mol. The van der Waals surface area contributed by atoms with Crippen LogP contribution in [0.5, 0.6) is 0 Å². The van der Waals surface area contributed by atoms with Crippen LogP contribution in [-0.2, 0) is 4.57 Å². The SMILES string of the molecule is CCC[CH2][Sn]([Cl])([CH2]CCC)[CH2]CCC.O=P(O)(O)O. The van der Waals surface area contributed by atoms with Crippen molar-refractivity contribution in [1.29, 1.82) is 0 Å². The molecule has 0 fully saturated rings. The molecular formula is C12H30ClO4PSn. The van der Waals surface area contributed by atoms with Crippen LogP contribution in [0.2, 0.25) is 13.3 Å². The Morgan fingerprint density at radius 3 is 1.21 bits per heavy atom. The maximum atomic E-state index is 8.88. The molecule has 0 rings (SSSR count). The predicted octanol–water partition coefficient (Wildman–Crippen LogP) is 4.64. The molecule has 118 valence electrons. The molecule has 0 aromatic rings. The largest absolute Gasteiger partial charge is 0.466 e. The second-order valence-corrected chi connectivity index (χ2v) is 22.2. The zero-order valence-electron chi connectivity index (χ0n) is 12.4. The first kappa shape index (κ1) is 22.5. The number of unbranched alkanes of at least 4 members (excludes halogenated alkanes) is 3. The zero-order chi connectivity index (χ0) is 15.4. The van der Waals surface area contributed by atoms with Crippen molar-refractivity contribution in [3.8, 4) is 0 Å². The van der Waals surface area contributed by atoms with Gasteiger partial charge >= 0.3 is 107 Å². The third-order valence-electron chi connectivity index (χ3n) is 2.94. The molecule has 0 atom stereocenters. The third-order valence-corrected chi connectivity index (χ3v) is 17.4. The monoisotopic (exact) mass is 424 g/mol. The number of phosphoric acid groups is 1. The molecule has 0 saturated heterocycles. The van der Waals surface area contributed by atoms with Crippen LogP contribution in [0.3, 0.4) is 0 Å². The van der Waals surface area contributed by atoms with Crippen molar-refractivity contribution >= 4 is 34.0 Å². The van der Waals surface area contributed by atoms with E-state index < -0.39 is 25.1 Å². The van der Waals surface area contributed by atoms with Crippen LogP contribution in [0.25, 0.3) is 0 Å². The Hall–Kier alpha value is 1.20. The van der Waals surface area contributed by atoms with Gasteiger partial charge in [0, 0.05) is 0 Å². The molecule has 7 heteroatoms. The summed E-state index contributed by atoms with van der Waals surface area (Å²) in [6, 6.07) is 0. The van der Waals surface area contributed by atoms with Gasteiger partial charge in [-0.1, -0.05) is 0 Å². The Bertz CT molecular complexity index is 218. The summed E-state index contributed by atoms with van der Waals surface area (Å²) in [5.41, 5.74) is 0. The minimum atomic E-state index is -4.64. The van der Waals surface area contributed by atoms with Gasteiger partial charge in [-0.25, -0.2) is 4.57 Å². The van der Waals surface area contributed by atoms with Crippen LogP contribution in [0, 0.1) is 0 Å². The average Bonchev–Trinajstić information content (AvgIpc) is 2.30. The number of hydrogen-bond acceptors (Lipinski definition) is 1. The second kappa shape index (κ2) is 12.9. The summed E-state index contributed by atoms with van der Waals surface area (Å²) in [6.07, 6.45) is 8.12. The first-order valence-corrected chi connectivity index (χ1v) is 18.4. The van der Waals surface area contributed by atoms with E-state index in [2.05, 4.69) is 20.8 Å². The minimum absolute atomic E-state index is 1.32. The summed E-state index contributed by atoms with van der Waals surface area (Å²) >= 11 is -2.09. The van der Waals surface area contributed by atoms with Gasteiger partial charge in [-0.05, 0) is 0 Å². The molecule has 0 bridgehead atoms. The van der Waals surface area contributed by atoms with E-state index in [1.54, 1.807) is 0 Å². The van der Waals surface area contributed by atoms with Gasteiger partial charge < -0.3 is 14.7 Å². The first-order valence-electron chi connectivity index (χ1n) is 7.15. The fourth-order valence-electron chi connectivity index (χ4n) is 1.86. The molecule has 0 aliphatic carbocycles. The molecule has 19 heavy (non-hydrogen) atoms. The van der Waals surface area contributed by atoms with Crippen LogP contribution in [0.4, 0.5) is 0 Å². The molecule has 0 amide bonds. The topological polar surface area (TPSA) is 77.8 Å². The van der Waals surface area contributed by atoms with Gasteiger partial charge in [-0.3, -0.25) is 0 Å². The van der Waals surface area contributed by atoms with Crippen molar-refractivity contribution in [2.45, 2.75) is 72.6 Å².